The van der Waals surface area contributed by atoms with Gasteiger partial charge in [-0.1, -0.05) is 70.5 Å². The average Bonchev–Trinajstić information content (AvgIpc) is 3.06. The molecule has 1 aliphatic heterocycles. The van der Waals surface area contributed by atoms with E-state index in [0.717, 1.165) is 42.8 Å². The van der Waals surface area contributed by atoms with Gasteiger partial charge < -0.3 is 10.1 Å². The molecule has 1 aliphatic rings. The van der Waals surface area contributed by atoms with Gasteiger partial charge in [0.2, 0.25) is 0 Å². The molecular formula is C26H29BrN2O. The minimum atomic E-state index is 0.161. The molecule has 1 heterocycles. The summed E-state index contributed by atoms with van der Waals surface area (Å²) in [6.45, 7) is 6.88. The molecule has 0 spiro atoms. The normalized spacial score (nSPS) is 16.1. The molecule has 0 aromatic heterocycles. The van der Waals surface area contributed by atoms with Crippen LogP contribution in [-0.2, 0) is 0 Å². The number of hydrogen-bond donors (Lipinski definition) is 1. The monoisotopic (exact) mass is 464 g/mol. The number of rotatable bonds is 6. The highest BCUT2D eigenvalue weighted by Crippen LogP contribution is 2.37. The van der Waals surface area contributed by atoms with E-state index in [4.69, 9.17) is 4.74 Å². The summed E-state index contributed by atoms with van der Waals surface area (Å²) in [5.74, 6) is 0.968. The lowest BCUT2D eigenvalue weighted by Gasteiger charge is -2.32. The first-order chi connectivity index (χ1) is 14.8. The largest absolute Gasteiger partial charge is 0.494 e. The Kier molecular flexibility index (Phi) is 7.21. The van der Waals surface area contributed by atoms with Crippen LogP contribution in [0.4, 0.5) is 0 Å². The third kappa shape index (κ3) is 4.94. The molecule has 3 aromatic rings. The second-order valence-corrected chi connectivity index (χ2v) is 8.56. The molecule has 0 aliphatic carbocycles. The van der Waals surface area contributed by atoms with Crippen LogP contribution in [0.15, 0.2) is 77.3 Å². The van der Waals surface area contributed by atoms with E-state index in [9.17, 15) is 0 Å². The number of nitrogens with one attached hydrogen (secondary N) is 1. The van der Waals surface area contributed by atoms with E-state index in [1.807, 2.05) is 6.92 Å². The van der Waals surface area contributed by atoms with Crippen molar-refractivity contribution in [3.8, 4) is 16.9 Å². The van der Waals surface area contributed by atoms with Gasteiger partial charge in [-0.25, -0.2) is 0 Å². The molecule has 30 heavy (non-hydrogen) atoms. The molecule has 0 bridgehead atoms. The lowest BCUT2D eigenvalue weighted by atomic mass is 9.94. The fourth-order valence-electron chi connectivity index (χ4n) is 4.22. The molecule has 4 heteroatoms. The zero-order valence-corrected chi connectivity index (χ0v) is 19.1. The van der Waals surface area contributed by atoms with Crippen molar-refractivity contribution >= 4 is 15.9 Å². The van der Waals surface area contributed by atoms with Crippen LogP contribution in [0.3, 0.4) is 0 Å². The van der Waals surface area contributed by atoms with E-state index >= 15 is 0 Å². The maximum Gasteiger partial charge on any atom is 0.124 e. The molecule has 1 saturated heterocycles. The minimum absolute atomic E-state index is 0.161. The molecule has 1 unspecified atom stereocenters. The highest BCUT2D eigenvalue weighted by molar-refractivity contribution is 9.10. The van der Waals surface area contributed by atoms with E-state index in [1.165, 1.54) is 22.3 Å². The first-order valence-electron chi connectivity index (χ1n) is 10.8. The first-order valence-corrected chi connectivity index (χ1v) is 11.6. The summed E-state index contributed by atoms with van der Waals surface area (Å²) in [7, 11) is 0. The Morgan fingerprint density at radius 1 is 0.933 bits per heavy atom. The number of halogens is 1. The van der Waals surface area contributed by atoms with Gasteiger partial charge in [-0.15, -0.1) is 0 Å². The molecule has 0 amide bonds. The summed E-state index contributed by atoms with van der Waals surface area (Å²) in [6.07, 6.45) is 1.15. The van der Waals surface area contributed by atoms with Crippen molar-refractivity contribution in [3.63, 3.8) is 0 Å². The molecular weight excluding hydrogens is 436 g/mol. The van der Waals surface area contributed by atoms with E-state index < -0.39 is 0 Å². The Morgan fingerprint density at radius 2 is 1.70 bits per heavy atom. The van der Waals surface area contributed by atoms with Gasteiger partial charge in [0.25, 0.3) is 0 Å². The molecule has 4 rings (SSSR count). The summed E-state index contributed by atoms with van der Waals surface area (Å²) >= 11 is 3.68. The Hall–Kier alpha value is -2.14. The molecule has 1 atom stereocenters. The highest BCUT2D eigenvalue weighted by atomic mass is 79.9. The SMILES string of the molecule is CCOc1ccc(Br)cc1C(c1ccc(-c2ccccc2)cc1)N1CCCNCC1. The maximum atomic E-state index is 6.05. The second kappa shape index (κ2) is 10.3. The first kappa shape index (κ1) is 21.1. The van der Waals surface area contributed by atoms with Crippen LogP contribution in [0.2, 0.25) is 0 Å². The van der Waals surface area contributed by atoms with Gasteiger partial charge in [-0.2, -0.15) is 0 Å². The molecule has 1 N–H and O–H groups in total. The standard InChI is InChI=1S/C26H29BrN2O/c1-2-30-25-14-13-23(27)19-24(25)26(29-17-6-15-28-16-18-29)22-11-9-21(10-12-22)20-7-4-3-5-8-20/h3-5,7-14,19,26,28H,2,6,15-18H2,1H3. The molecule has 3 aromatic carbocycles. The summed E-state index contributed by atoms with van der Waals surface area (Å²) in [5, 5.41) is 3.53. The Labute approximate surface area is 188 Å². The van der Waals surface area contributed by atoms with E-state index in [2.05, 4.69) is 98.9 Å². The van der Waals surface area contributed by atoms with E-state index in [1.54, 1.807) is 0 Å². The fraction of sp³-hybridized carbons (Fsp3) is 0.308. The van der Waals surface area contributed by atoms with Gasteiger partial charge in [0.05, 0.1) is 12.6 Å². The van der Waals surface area contributed by atoms with Crippen LogP contribution in [-0.4, -0.2) is 37.7 Å². The number of ether oxygens (including phenoxy) is 1. The van der Waals surface area contributed by atoms with Crippen LogP contribution in [0, 0.1) is 0 Å². The third-order valence-electron chi connectivity index (χ3n) is 5.64. The molecule has 3 nitrogen and oxygen atoms in total. The third-order valence-corrected chi connectivity index (χ3v) is 6.13. The topological polar surface area (TPSA) is 24.5 Å². The van der Waals surface area contributed by atoms with Crippen LogP contribution >= 0.6 is 15.9 Å². The Morgan fingerprint density at radius 3 is 2.47 bits per heavy atom. The Balaban J connectivity index is 1.75. The quantitative estimate of drug-likeness (QED) is 0.491. The summed E-state index contributed by atoms with van der Waals surface area (Å²) in [5.41, 5.74) is 5.02. The van der Waals surface area contributed by atoms with E-state index in [0.29, 0.717) is 6.61 Å². The Bertz CT molecular complexity index is 935. The average molecular weight is 465 g/mol. The predicted octanol–water partition coefficient (Wildman–Crippen LogP) is 5.90. The predicted molar refractivity (Wildman–Crippen MR) is 128 cm³/mol. The zero-order chi connectivity index (χ0) is 20.8. The molecule has 1 fully saturated rings. The lowest BCUT2D eigenvalue weighted by Crippen LogP contribution is -2.33. The van der Waals surface area contributed by atoms with Gasteiger partial charge in [-0.05, 0) is 54.8 Å². The summed E-state index contributed by atoms with van der Waals surface area (Å²) in [4.78, 5) is 2.59. The second-order valence-electron chi connectivity index (χ2n) is 7.65. The van der Waals surface area contributed by atoms with Crippen LogP contribution < -0.4 is 10.1 Å². The van der Waals surface area contributed by atoms with Crippen LogP contribution in [0.1, 0.15) is 30.5 Å². The van der Waals surface area contributed by atoms with E-state index in [-0.39, 0.29) is 6.04 Å². The smallest absolute Gasteiger partial charge is 0.124 e. The molecule has 0 radical (unpaired) electrons. The maximum absolute atomic E-state index is 6.05. The zero-order valence-electron chi connectivity index (χ0n) is 17.5. The summed E-state index contributed by atoms with van der Waals surface area (Å²) < 4.78 is 7.13. The van der Waals surface area contributed by atoms with Crippen molar-refractivity contribution in [1.82, 2.24) is 10.2 Å². The fourth-order valence-corrected chi connectivity index (χ4v) is 4.60. The van der Waals surface area contributed by atoms with Gasteiger partial charge in [0, 0.05) is 29.7 Å². The minimum Gasteiger partial charge on any atom is -0.494 e. The van der Waals surface area contributed by atoms with Crippen molar-refractivity contribution in [3.05, 3.63) is 88.4 Å². The molecule has 156 valence electrons. The van der Waals surface area contributed by atoms with Crippen molar-refractivity contribution in [2.75, 3.05) is 32.8 Å². The van der Waals surface area contributed by atoms with Gasteiger partial charge in [0.15, 0.2) is 0 Å². The molecule has 0 saturated carbocycles. The summed E-state index contributed by atoms with van der Waals surface area (Å²) in [6, 6.07) is 26.1. The van der Waals surface area contributed by atoms with Crippen molar-refractivity contribution < 1.29 is 4.74 Å². The van der Waals surface area contributed by atoms with Crippen LogP contribution in [0.25, 0.3) is 11.1 Å². The van der Waals surface area contributed by atoms with Crippen LogP contribution in [0.5, 0.6) is 5.75 Å². The van der Waals surface area contributed by atoms with Gasteiger partial charge in [0.1, 0.15) is 5.75 Å². The van der Waals surface area contributed by atoms with Gasteiger partial charge in [-0.3, -0.25) is 4.90 Å². The van der Waals surface area contributed by atoms with Crippen molar-refractivity contribution in [2.45, 2.75) is 19.4 Å². The van der Waals surface area contributed by atoms with Gasteiger partial charge >= 0.3 is 0 Å². The number of benzene rings is 3. The van der Waals surface area contributed by atoms with Crippen molar-refractivity contribution in [1.29, 1.82) is 0 Å². The highest BCUT2D eigenvalue weighted by Gasteiger charge is 2.26. The number of hydrogen-bond acceptors (Lipinski definition) is 3. The lowest BCUT2D eigenvalue weighted by molar-refractivity contribution is 0.233. The van der Waals surface area contributed by atoms with Crippen molar-refractivity contribution in [2.24, 2.45) is 0 Å². The number of nitrogens with zero attached hydrogens (tertiary/aromatic N) is 1.